The van der Waals surface area contributed by atoms with Crippen LogP contribution in [0.4, 0.5) is 0 Å². The van der Waals surface area contributed by atoms with Crippen LogP contribution < -0.4 is 5.73 Å². The molecule has 0 aromatic carbocycles. The minimum Gasteiger partial charge on any atom is -0.387 e. The van der Waals surface area contributed by atoms with E-state index in [1.807, 2.05) is 0 Å². The van der Waals surface area contributed by atoms with Gasteiger partial charge in [0.1, 0.15) is 0 Å². The van der Waals surface area contributed by atoms with E-state index >= 15 is 0 Å². The normalized spacial score (nSPS) is 13.6. The highest BCUT2D eigenvalue weighted by Crippen LogP contribution is 2.06. The third kappa shape index (κ3) is 1.28. The number of rotatable bonds is 2. The number of hydrogen-bond donors (Lipinski definition) is 3. The summed E-state index contributed by atoms with van der Waals surface area (Å²) in [6, 6.07) is 0. The molecule has 4 nitrogen and oxygen atoms in total. The van der Waals surface area contributed by atoms with Crippen LogP contribution in [0.2, 0.25) is 0 Å². The summed E-state index contributed by atoms with van der Waals surface area (Å²) >= 11 is 0. The lowest BCUT2D eigenvalue weighted by atomic mass is 10.2. The van der Waals surface area contributed by atoms with Crippen LogP contribution in [0.1, 0.15) is 11.7 Å². The van der Waals surface area contributed by atoms with Crippen LogP contribution in [0.15, 0.2) is 12.4 Å². The second kappa shape index (κ2) is 2.61. The lowest BCUT2D eigenvalue weighted by Gasteiger charge is -2.00. The van der Waals surface area contributed by atoms with E-state index in [4.69, 9.17) is 10.8 Å². The number of H-pyrrole nitrogens is 1. The van der Waals surface area contributed by atoms with E-state index in [-0.39, 0.29) is 6.54 Å². The van der Waals surface area contributed by atoms with Gasteiger partial charge in [-0.2, -0.15) is 5.10 Å². The summed E-state index contributed by atoms with van der Waals surface area (Å²) in [5.41, 5.74) is 5.91. The first-order valence-electron chi connectivity index (χ1n) is 2.71. The SMILES string of the molecule is NC[C@H](O)c1cn[nH]c1. The van der Waals surface area contributed by atoms with Crippen molar-refractivity contribution in [3.05, 3.63) is 18.0 Å². The summed E-state index contributed by atoms with van der Waals surface area (Å²) in [4.78, 5) is 0. The molecule has 0 aliphatic carbocycles. The minimum absolute atomic E-state index is 0.236. The van der Waals surface area contributed by atoms with Crippen molar-refractivity contribution in [3.8, 4) is 0 Å². The molecule has 1 heterocycles. The Morgan fingerprint density at radius 1 is 1.89 bits per heavy atom. The van der Waals surface area contributed by atoms with Crippen molar-refractivity contribution in [2.75, 3.05) is 6.54 Å². The second-order valence-electron chi connectivity index (χ2n) is 1.78. The van der Waals surface area contributed by atoms with Crippen LogP contribution in [-0.2, 0) is 0 Å². The summed E-state index contributed by atoms with van der Waals surface area (Å²) in [7, 11) is 0. The van der Waals surface area contributed by atoms with Gasteiger partial charge in [0.2, 0.25) is 0 Å². The van der Waals surface area contributed by atoms with E-state index < -0.39 is 6.10 Å². The number of hydrogen-bond acceptors (Lipinski definition) is 3. The summed E-state index contributed by atoms with van der Waals surface area (Å²) in [5, 5.41) is 15.3. The Morgan fingerprint density at radius 3 is 3.11 bits per heavy atom. The Morgan fingerprint density at radius 2 is 2.67 bits per heavy atom. The first kappa shape index (κ1) is 6.25. The average Bonchev–Trinajstić information content (AvgIpc) is 2.37. The van der Waals surface area contributed by atoms with E-state index in [0.717, 1.165) is 5.56 Å². The number of aliphatic hydroxyl groups is 1. The van der Waals surface area contributed by atoms with E-state index in [1.165, 1.54) is 0 Å². The number of aromatic amines is 1. The van der Waals surface area contributed by atoms with Crippen molar-refractivity contribution in [3.63, 3.8) is 0 Å². The van der Waals surface area contributed by atoms with Crippen molar-refractivity contribution in [1.82, 2.24) is 10.2 Å². The van der Waals surface area contributed by atoms with Gasteiger partial charge in [0.05, 0.1) is 12.3 Å². The Kier molecular flexibility index (Phi) is 1.81. The van der Waals surface area contributed by atoms with Crippen LogP contribution in [0.3, 0.4) is 0 Å². The zero-order chi connectivity index (χ0) is 6.69. The molecular formula is C5H9N3O. The molecule has 4 heteroatoms. The lowest BCUT2D eigenvalue weighted by Crippen LogP contribution is -2.10. The van der Waals surface area contributed by atoms with Crippen molar-refractivity contribution in [2.24, 2.45) is 5.73 Å². The largest absolute Gasteiger partial charge is 0.387 e. The fourth-order valence-corrected chi connectivity index (χ4v) is 0.579. The minimum atomic E-state index is -0.580. The summed E-state index contributed by atoms with van der Waals surface area (Å²) in [5.74, 6) is 0. The van der Waals surface area contributed by atoms with Gasteiger partial charge in [-0.15, -0.1) is 0 Å². The van der Waals surface area contributed by atoms with Crippen molar-refractivity contribution < 1.29 is 5.11 Å². The number of aromatic nitrogens is 2. The van der Waals surface area contributed by atoms with Crippen LogP contribution in [-0.4, -0.2) is 21.8 Å². The van der Waals surface area contributed by atoms with E-state index in [2.05, 4.69) is 10.2 Å². The molecule has 0 unspecified atom stereocenters. The van der Waals surface area contributed by atoms with Crippen LogP contribution in [0, 0.1) is 0 Å². The van der Waals surface area contributed by atoms with Crippen molar-refractivity contribution >= 4 is 0 Å². The van der Waals surface area contributed by atoms with Gasteiger partial charge in [0.15, 0.2) is 0 Å². The molecule has 0 bridgehead atoms. The average molecular weight is 127 g/mol. The molecule has 0 saturated carbocycles. The van der Waals surface area contributed by atoms with Crippen molar-refractivity contribution in [1.29, 1.82) is 0 Å². The molecular weight excluding hydrogens is 118 g/mol. The zero-order valence-corrected chi connectivity index (χ0v) is 4.91. The van der Waals surface area contributed by atoms with Gasteiger partial charge in [-0.25, -0.2) is 0 Å². The highest BCUT2D eigenvalue weighted by molar-refractivity contribution is 5.06. The number of aliphatic hydroxyl groups excluding tert-OH is 1. The third-order valence-electron chi connectivity index (χ3n) is 1.13. The molecule has 0 aliphatic rings. The predicted molar refractivity (Wildman–Crippen MR) is 32.6 cm³/mol. The highest BCUT2D eigenvalue weighted by atomic mass is 16.3. The van der Waals surface area contributed by atoms with Gasteiger partial charge >= 0.3 is 0 Å². The van der Waals surface area contributed by atoms with Crippen LogP contribution in [0.5, 0.6) is 0 Å². The van der Waals surface area contributed by atoms with Crippen LogP contribution >= 0.6 is 0 Å². The standard InChI is InChI=1S/C5H9N3O/c6-1-5(9)4-2-7-8-3-4/h2-3,5,9H,1,6H2,(H,7,8)/t5-/m0/s1. The topological polar surface area (TPSA) is 74.9 Å². The number of nitrogens with one attached hydrogen (secondary N) is 1. The van der Waals surface area contributed by atoms with Crippen molar-refractivity contribution in [2.45, 2.75) is 6.10 Å². The van der Waals surface area contributed by atoms with Gasteiger partial charge in [-0.1, -0.05) is 0 Å². The zero-order valence-electron chi connectivity index (χ0n) is 4.91. The predicted octanol–water partition coefficient (Wildman–Crippen LogP) is -0.598. The molecule has 9 heavy (non-hydrogen) atoms. The van der Waals surface area contributed by atoms with E-state index in [1.54, 1.807) is 12.4 Å². The van der Waals surface area contributed by atoms with Gasteiger partial charge in [-0.05, 0) is 0 Å². The second-order valence-corrected chi connectivity index (χ2v) is 1.78. The maximum atomic E-state index is 9.03. The molecule has 0 amide bonds. The molecule has 0 aliphatic heterocycles. The molecule has 4 N–H and O–H groups in total. The third-order valence-corrected chi connectivity index (χ3v) is 1.13. The molecule has 0 saturated heterocycles. The Hall–Kier alpha value is -0.870. The van der Waals surface area contributed by atoms with Crippen LogP contribution in [0.25, 0.3) is 0 Å². The maximum Gasteiger partial charge on any atom is 0.0942 e. The molecule has 1 atom stereocenters. The molecule has 1 aromatic heterocycles. The van der Waals surface area contributed by atoms with E-state index in [9.17, 15) is 0 Å². The summed E-state index contributed by atoms with van der Waals surface area (Å²) in [6.07, 6.45) is 2.60. The first-order valence-corrected chi connectivity index (χ1v) is 2.71. The fraction of sp³-hybridized carbons (Fsp3) is 0.400. The fourth-order valence-electron chi connectivity index (χ4n) is 0.579. The molecule has 0 spiro atoms. The number of nitrogens with zero attached hydrogens (tertiary/aromatic N) is 1. The quantitative estimate of drug-likeness (QED) is 0.496. The Bertz CT molecular complexity index is 161. The summed E-state index contributed by atoms with van der Waals surface area (Å²) < 4.78 is 0. The van der Waals surface area contributed by atoms with E-state index in [0.29, 0.717) is 0 Å². The first-order chi connectivity index (χ1) is 4.34. The molecule has 1 aromatic rings. The summed E-state index contributed by atoms with van der Waals surface area (Å²) in [6.45, 7) is 0.236. The van der Waals surface area contributed by atoms with Gasteiger partial charge in [0, 0.05) is 18.3 Å². The lowest BCUT2D eigenvalue weighted by molar-refractivity contribution is 0.187. The Labute approximate surface area is 52.7 Å². The number of nitrogens with two attached hydrogens (primary N) is 1. The molecule has 50 valence electrons. The van der Waals surface area contributed by atoms with Gasteiger partial charge < -0.3 is 10.8 Å². The van der Waals surface area contributed by atoms with Gasteiger partial charge in [-0.3, -0.25) is 5.10 Å². The molecule has 0 fully saturated rings. The monoisotopic (exact) mass is 127 g/mol. The smallest absolute Gasteiger partial charge is 0.0942 e. The molecule has 1 rings (SSSR count). The maximum absolute atomic E-state index is 9.03. The highest BCUT2D eigenvalue weighted by Gasteiger charge is 2.03. The Balaban J connectivity index is 2.65. The molecule has 0 radical (unpaired) electrons. The van der Waals surface area contributed by atoms with Gasteiger partial charge in [0.25, 0.3) is 0 Å².